The standard InChI is InChI=1S/C16H29N3O/c1-13(2)10-17-11-14-7-8-18-15(9-14)20-12-16(3,4)19(5)6/h7-9,13,17H,10-12H2,1-6H3. The molecule has 0 radical (unpaired) electrons. The van der Waals surface area contributed by atoms with E-state index in [1.807, 2.05) is 18.3 Å². The highest BCUT2D eigenvalue weighted by molar-refractivity contribution is 5.20. The van der Waals surface area contributed by atoms with Gasteiger partial charge in [-0.1, -0.05) is 13.8 Å². The number of hydrogen-bond acceptors (Lipinski definition) is 4. The molecule has 0 bridgehead atoms. The molecule has 0 atom stereocenters. The molecule has 0 spiro atoms. The van der Waals surface area contributed by atoms with Crippen molar-refractivity contribution in [3.8, 4) is 5.88 Å². The highest BCUT2D eigenvalue weighted by Gasteiger charge is 2.21. The molecule has 0 fully saturated rings. The van der Waals surface area contributed by atoms with Gasteiger partial charge in [-0.2, -0.15) is 0 Å². The Morgan fingerprint density at radius 3 is 2.65 bits per heavy atom. The summed E-state index contributed by atoms with van der Waals surface area (Å²) < 4.78 is 5.82. The summed E-state index contributed by atoms with van der Waals surface area (Å²) >= 11 is 0. The summed E-state index contributed by atoms with van der Waals surface area (Å²) in [6.45, 7) is 11.2. The van der Waals surface area contributed by atoms with E-state index in [1.54, 1.807) is 0 Å². The van der Waals surface area contributed by atoms with Gasteiger partial charge in [0.25, 0.3) is 0 Å². The topological polar surface area (TPSA) is 37.4 Å². The lowest BCUT2D eigenvalue weighted by Crippen LogP contribution is -2.43. The molecule has 1 N–H and O–H groups in total. The van der Waals surface area contributed by atoms with Crippen LogP contribution in [0.15, 0.2) is 18.3 Å². The van der Waals surface area contributed by atoms with E-state index in [0.29, 0.717) is 18.4 Å². The quantitative estimate of drug-likeness (QED) is 0.793. The number of hydrogen-bond donors (Lipinski definition) is 1. The van der Waals surface area contributed by atoms with Crippen molar-refractivity contribution in [1.29, 1.82) is 0 Å². The predicted molar refractivity (Wildman–Crippen MR) is 84.0 cm³/mol. The maximum Gasteiger partial charge on any atom is 0.213 e. The SMILES string of the molecule is CC(C)CNCc1ccnc(OCC(C)(C)N(C)C)c1. The number of ether oxygens (including phenoxy) is 1. The molecule has 0 unspecified atom stereocenters. The van der Waals surface area contributed by atoms with Crippen LogP contribution in [0.1, 0.15) is 33.3 Å². The molecule has 0 aromatic carbocycles. The highest BCUT2D eigenvalue weighted by atomic mass is 16.5. The second kappa shape index (κ2) is 7.60. The summed E-state index contributed by atoms with van der Waals surface area (Å²) in [6, 6.07) is 4.04. The molecule has 0 aliphatic rings. The van der Waals surface area contributed by atoms with Gasteiger partial charge in [0.2, 0.25) is 5.88 Å². The summed E-state index contributed by atoms with van der Waals surface area (Å²) in [5, 5.41) is 3.43. The van der Waals surface area contributed by atoms with Gasteiger partial charge >= 0.3 is 0 Å². The molecule has 0 saturated carbocycles. The summed E-state index contributed by atoms with van der Waals surface area (Å²) in [6.07, 6.45) is 1.81. The number of nitrogens with one attached hydrogen (secondary N) is 1. The summed E-state index contributed by atoms with van der Waals surface area (Å²) in [5.74, 6) is 1.36. The van der Waals surface area contributed by atoms with E-state index >= 15 is 0 Å². The lowest BCUT2D eigenvalue weighted by atomic mass is 10.1. The summed E-state index contributed by atoms with van der Waals surface area (Å²) in [7, 11) is 4.12. The number of rotatable bonds is 8. The average Bonchev–Trinajstić information content (AvgIpc) is 2.36. The van der Waals surface area contributed by atoms with Crippen LogP contribution in [0.3, 0.4) is 0 Å². The van der Waals surface area contributed by atoms with Crippen molar-refractivity contribution in [3.63, 3.8) is 0 Å². The van der Waals surface area contributed by atoms with Gasteiger partial charge in [0.05, 0.1) is 0 Å². The third kappa shape index (κ3) is 5.88. The van der Waals surface area contributed by atoms with E-state index < -0.39 is 0 Å². The Morgan fingerprint density at radius 1 is 1.35 bits per heavy atom. The van der Waals surface area contributed by atoms with Gasteiger partial charge < -0.3 is 15.0 Å². The van der Waals surface area contributed by atoms with Crippen LogP contribution in [-0.2, 0) is 6.54 Å². The first-order valence-electron chi connectivity index (χ1n) is 7.27. The van der Waals surface area contributed by atoms with Gasteiger partial charge in [0, 0.05) is 24.3 Å². The van der Waals surface area contributed by atoms with E-state index in [2.05, 4.69) is 57.0 Å². The van der Waals surface area contributed by atoms with E-state index in [1.165, 1.54) is 5.56 Å². The Hall–Kier alpha value is -1.13. The van der Waals surface area contributed by atoms with Gasteiger partial charge in [0.15, 0.2) is 0 Å². The van der Waals surface area contributed by atoms with Gasteiger partial charge in [0.1, 0.15) is 6.61 Å². The molecule has 1 rings (SSSR count). The summed E-state index contributed by atoms with van der Waals surface area (Å²) in [5.41, 5.74) is 1.20. The fourth-order valence-corrected chi connectivity index (χ4v) is 1.52. The Kier molecular flexibility index (Phi) is 6.43. The Balaban J connectivity index is 2.51. The molecule has 0 saturated heterocycles. The third-order valence-corrected chi connectivity index (χ3v) is 3.46. The number of likely N-dealkylation sites (N-methyl/N-ethyl adjacent to an activating group) is 1. The number of pyridine rings is 1. The first-order valence-corrected chi connectivity index (χ1v) is 7.27. The zero-order chi connectivity index (χ0) is 15.2. The Labute approximate surface area is 123 Å². The minimum Gasteiger partial charge on any atom is -0.476 e. The first-order chi connectivity index (χ1) is 9.31. The van der Waals surface area contributed by atoms with Crippen LogP contribution in [0, 0.1) is 5.92 Å². The fourth-order valence-electron chi connectivity index (χ4n) is 1.52. The monoisotopic (exact) mass is 279 g/mol. The molecule has 1 aromatic heterocycles. The molecular weight excluding hydrogens is 250 g/mol. The van der Waals surface area contributed by atoms with Crippen molar-refractivity contribution in [2.24, 2.45) is 5.92 Å². The van der Waals surface area contributed by atoms with E-state index in [-0.39, 0.29) is 5.54 Å². The van der Waals surface area contributed by atoms with Gasteiger partial charge in [-0.25, -0.2) is 4.98 Å². The summed E-state index contributed by atoms with van der Waals surface area (Å²) in [4.78, 5) is 6.43. The molecular formula is C16H29N3O. The molecule has 1 aromatic rings. The molecule has 114 valence electrons. The van der Waals surface area contributed by atoms with Crippen molar-refractivity contribution >= 4 is 0 Å². The highest BCUT2D eigenvalue weighted by Crippen LogP contribution is 2.15. The van der Waals surface area contributed by atoms with Crippen LogP contribution in [0.4, 0.5) is 0 Å². The molecule has 0 aliphatic heterocycles. The average molecular weight is 279 g/mol. The van der Waals surface area contributed by atoms with Crippen molar-refractivity contribution in [1.82, 2.24) is 15.2 Å². The van der Waals surface area contributed by atoms with Gasteiger partial charge in [-0.05, 0) is 52.0 Å². The smallest absolute Gasteiger partial charge is 0.213 e. The zero-order valence-corrected chi connectivity index (χ0v) is 13.7. The van der Waals surface area contributed by atoms with Crippen LogP contribution < -0.4 is 10.1 Å². The molecule has 4 nitrogen and oxygen atoms in total. The van der Waals surface area contributed by atoms with Gasteiger partial charge in [-0.3, -0.25) is 0 Å². The van der Waals surface area contributed by atoms with Crippen molar-refractivity contribution in [3.05, 3.63) is 23.9 Å². The van der Waals surface area contributed by atoms with E-state index in [9.17, 15) is 0 Å². The predicted octanol–water partition coefficient (Wildman–Crippen LogP) is 2.55. The number of aromatic nitrogens is 1. The lowest BCUT2D eigenvalue weighted by molar-refractivity contribution is 0.111. The normalized spacial score (nSPS) is 12.2. The Morgan fingerprint density at radius 2 is 2.05 bits per heavy atom. The largest absolute Gasteiger partial charge is 0.476 e. The molecule has 20 heavy (non-hydrogen) atoms. The third-order valence-electron chi connectivity index (χ3n) is 3.46. The number of nitrogens with zero attached hydrogens (tertiary/aromatic N) is 2. The maximum atomic E-state index is 5.82. The minimum absolute atomic E-state index is 0.00637. The van der Waals surface area contributed by atoms with Crippen molar-refractivity contribution < 1.29 is 4.74 Å². The molecule has 0 amide bonds. The van der Waals surface area contributed by atoms with Crippen molar-refractivity contribution in [2.75, 3.05) is 27.2 Å². The minimum atomic E-state index is -0.00637. The molecule has 1 heterocycles. The van der Waals surface area contributed by atoms with Crippen LogP contribution >= 0.6 is 0 Å². The van der Waals surface area contributed by atoms with E-state index in [0.717, 1.165) is 13.1 Å². The molecule has 0 aliphatic carbocycles. The maximum absolute atomic E-state index is 5.82. The first kappa shape index (κ1) is 16.9. The molecule has 4 heteroatoms. The van der Waals surface area contributed by atoms with Gasteiger partial charge in [-0.15, -0.1) is 0 Å². The van der Waals surface area contributed by atoms with Crippen LogP contribution in [-0.4, -0.2) is 42.7 Å². The van der Waals surface area contributed by atoms with Crippen LogP contribution in [0.5, 0.6) is 5.88 Å². The van der Waals surface area contributed by atoms with E-state index in [4.69, 9.17) is 4.74 Å². The van der Waals surface area contributed by atoms with Crippen LogP contribution in [0.2, 0.25) is 0 Å². The fraction of sp³-hybridized carbons (Fsp3) is 0.688. The Bertz CT molecular complexity index is 402. The second-order valence-electron chi connectivity index (χ2n) is 6.52. The second-order valence-corrected chi connectivity index (χ2v) is 6.52. The zero-order valence-electron chi connectivity index (χ0n) is 13.7. The lowest BCUT2D eigenvalue weighted by Gasteiger charge is -2.31. The van der Waals surface area contributed by atoms with Crippen molar-refractivity contribution in [2.45, 2.75) is 39.8 Å². The van der Waals surface area contributed by atoms with Crippen LogP contribution in [0.25, 0.3) is 0 Å².